The molecular weight excluding hydrogens is 368 g/mol. The number of nitrogens with one attached hydrogen (secondary N) is 1. The molecular formula is C22H30N4O3. The average Bonchev–Trinajstić information content (AvgIpc) is 3.18. The van der Waals surface area contributed by atoms with E-state index >= 15 is 0 Å². The molecule has 1 atom stereocenters. The molecule has 0 radical (unpaired) electrons. The standard InChI is InChI=1S/C22H30N4O3/c23-20(27)17-7-4-11-26(14-17)12-10-24-21(28)16-8-9-18-19(13-16)29-22(25-18)15-5-2-1-3-6-15/h8-9,13,15,17H,1-7,10-12,14H2,(H2,23,27)(H,24,28)/t17-/m1/s1. The summed E-state index contributed by atoms with van der Waals surface area (Å²) >= 11 is 0. The maximum Gasteiger partial charge on any atom is 0.251 e. The van der Waals surface area contributed by atoms with Crippen molar-refractivity contribution in [2.75, 3.05) is 26.2 Å². The van der Waals surface area contributed by atoms with Crippen molar-refractivity contribution in [2.24, 2.45) is 11.7 Å². The minimum atomic E-state index is -0.230. The number of hydrogen-bond acceptors (Lipinski definition) is 5. The molecule has 1 aliphatic heterocycles. The number of carbonyl (C=O) groups is 2. The summed E-state index contributed by atoms with van der Waals surface area (Å²) in [6, 6.07) is 5.45. The molecule has 1 aliphatic carbocycles. The molecule has 0 unspecified atom stereocenters. The van der Waals surface area contributed by atoms with Crippen LogP contribution >= 0.6 is 0 Å². The van der Waals surface area contributed by atoms with E-state index in [0.717, 1.165) is 43.6 Å². The molecule has 4 rings (SSSR count). The highest BCUT2D eigenvalue weighted by Gasteiger charge is 2.24. The number of carbonyl (C=O) groups excluding carboxylic acids is 2. The fourth-order valence-corrected chi connectivity index (χ4v) is 4.53. The van der Waals surface area contributed by atoms with Gasteiger partial charge in [0.05, 0.1) is 5.92 Å². The molecule has 0 bridgehead atoms. The molecule has 2 fully saturated rings. The first-order valence-corrected chi connectivity index (χ1v) is 10.8. The average molecular weight is 399 g/mol. The molecule has 1 saturated heterocycles. The SMILES string of the molecule is NC(=O)[C@@H]1CCCN(CCNC(=O)c2ccc3nc(C4CCCCC4)oc3c2)C1. The van der Waals surface area contributed by atoms with E-state index in [1.165, 1.54) is 19.3 Å². The van der Waals surface area contributed by atoms with Gasteiger partial charge in [-0.05, 0) is 50.4 Å². The zero-order valence-corrected chi connectivity index (χ0v) is 16.9. The van der Waals surface area contributed by atoms with Crippen LogP contribution in [0.1, 0.15) is 67.1 Å². The second kappa shape index (κ2) is 8.95. The smallest absolute Gasteiger partial charge is 0.251 e. The van der Waals surface area contributed by atoms with E-state index in [1.807, 2.05) is 6.07 Å². The van der Waals surface area contributed by atoms with Crippen LogP contribution in [0, 0.1) is 5.92 Å². The van der Waals surface area contributed by atoms with Gasteiger partial charge in [-0.3, -0.25) is 9.59 Å². The van der Waals surface area contributed by atoms with Crippen molar-refractivity contribution in [1.29, 1.82) is 0 Å². The van der Waals surface area contributed by atoms with Crippen LogP contribution in [0.15, 0.2) is 22.6 Å². The number of amides is 2. The number of likely N-dealkylation sites (tertiary alicyclic amines) is 1. The first-order valence-electron chi connectivity index (χ1n) is 10.8. The Balaban J connectivity index is 1.33. The molecule has 2 amide bonds. The lowest BCUT2D eigenvalue weighted by Crippen LogP contribution is -2.44. The number of nitrogens with two attached hydrogens (primary N) is 1. The van der Waals surface area contributed by atoms with Gasteiger partial charge in [-0.25, -0.2) is 4.98 Å². The maximum absolute atomic E-state index is 12.5. The second-order valence-electron chi connectivity index (χ2n) is 8.37. The third-order valence-electron chi connectivity index (χ3n) is 6.24. The van der Waals surface area contributed by atoms with Gasteiger partial charge >= 0.3 is 0 Å². The van der Waals surface area contributed by atoms with E-state index in [1.54, 1.807) is 12.1 Å². The van der Waals surface area contributed by atoms with Crippen LogP contribution in [0.4, 0.5) is 0 Å². The van der Waals surface area contributed by atoms with E-state index in [-0.39, 0.29) is 17.7 Å². The summed E-state index contributed by atoms with van der Waals surface area (Å²) in [6.45, 7) is 2.87. The summed E-state index contributed by atoms with van der Waals surface area (Å²) in [6.07, 6.45) is 7.84. The summed E-state index contributed by atoms with van der Waals surface area (Å²) in [5, 5.41) is 2.97. The minimum absolute atomic E-state index is 0.0772. The van der Waals surface area contributed by atoms with Crippen molar-refractivity contribution in [3.8, 4) is 0 Å². The van der Waals surface area contributed by atoms with Crippen LogP contribution in [-0.4, -0.2) is 47.9 Å². The molecule has 1 aromatic carbocycles. The van der Waals surface area contributed by atoms with Gasteiger partial charge in [0.2, 0.25) is 5.91 Å². The first kappa shape index (κ1) is 19.9. The molecule has 0 spiro atoms. The Hall–Kier alpha value is -2.41. The highest BCUT2D eigenvalue weighted by atomic mass is 16.3. The lowest BCUT2D eigenvalue weighted by molar-refractivity contribution is -0.123. The molecule has 3 N–H and O–H groups in total. The summed E-state index contributed by atoms with van der Waals surface area (Å²) in [5.74, 6) is 0.790. The van der Waals surface area contributed by atoms with Gasteiger partial charge in [-0.2, -0.15) is 0 Å². The molecule has 7 nitrogen and oxygen atoms in total. The van der Waals surface area contributed by atoms with E-state index < -0.39 is 0 Å². The number of benzene rings is 1. The predicted octanol–water partition coefficient (Wildman–Crippen LogP) is 2.80. The number of rotatable bonds is 6. The lowest BCUT2D eigenvalue weighted by atomic mass is 9.89. The van der Waals surface area contributed by atoms with Gasteiger partial charge < -0.3 is 20.4 Å². The predicted molar refractivity (Wildman–Crippen MR) is 111 cm³/mol. The molecule has 29 heavy (non-hydrogen) atoms. The lowest BCUT2D eigenvalue weighted by Gasteiger charge is -2.31. The number of nitrogens with zero attached hydrogens (tertiary/aromatic N) is 2. The molecule has 1 aromatic heterocycles. The third-order valence-corrected chi connectivity index (χ3v) is 6.24. The topological polar surface area (TPSA) is 101 Å². The number of oxazole rings is 1. The van der Waals surface area contributed by atoms with Crippen LogP contribution in [0.5, 0.6) is 0 Å². The molecule has 2 aliphatic rings. The maximum atomic E-state index is 12.5. The summed E-state index contributed by atoms with van der Waals surface area (Å²) in [5.41, 5.74) is 7.50. The first-order chi connectivity index (χ1) is 14.1. The summed E-state index contributed by atoms with van der Waals surface area (Å²) in [7, 11) is 0. The number of piperidine rings is 1. The largest absolute Gasteiger partial charge is 0.440 e. The quantitative estimate of drug-likeness (QED) is 0.779. The molecule has 7 heteroatoms. The van der Waals surface area contributed by atoms with Crippen LogP contribution < -0.4 is 11.1 Å². The third kappa shape index (κ3) is 4.78. The molecule has 156 valence electrons. The zero-order chi connectivity index (χ0) is 20.2. The van der Waals surface area contributed by atoms with Crippen molar-refractivity contribution < 1.29 is 14.0 Å². The van der Waals surface area contributed by atoms with Crippen LogP contribution in [0.25, 0.3) is 11.1 Å². The second-order valence-corrected chi connectivity index (χ2v) is 8.37. The van der Waals surface area contributed by atoms with E-state index in [0.29, 0.717) is 36.7 Å². The van der Waals surface area contributed by atoms with Crippen LogP contribution in [-0.2, 0) is 4.79 Å². The Labute approximate surface area is 171 Å². The molecule has 2 aromatic rings. The summed E-state index contributed by atoms with van der Waals surface area (Å²) < 4.78 is 5.99. The monoisotopic (exact) mass is 398 g/mol. The fraction of sp³-hybridized carbons (Fsp3) is 0.591. The summed E-state index contributed by atoms with van der Waals surface area (Å²) in [4.78, 5) is 30.8. The zero-order valence-electron chi connectivity index (χ0n) is 16.9. The van der Waals surface area contributed by atoms with Crippen molar-refractivity contribution in [1.82, 2.24) is 15.2 Å². The Morgan fingerprint density at radius 2 is 2.00 bits per heavy atom. The Bertz CT molecular complexity index is 872. The number of primary amides is 1. The van der Waals surface area contributed by atoms with Crippen LogP contribution in [0.2, 0.25) is 0 Å². The molecule has 2 heterocycles. The number of hydrogen-bond donors (Lipinski definition) is 2. The van der Waals surface area contributed by atoms with Crippen molar-refractivity contribution in [3.05, 3.63) is 29.7 Å². The molecule has 1 saturated carbocycles. The van der Waals surface area contributed by atoms with Gasteiger partial charge in [0.1, 0.15) is 5.52 Å². The Morgan fingerprint density at radius 3 is 2.79 bits per heavy atom. The highest BCUT2D eigenvalue weighted by molar-refractivity contribution is 5.97. The van der Waals surface area contributed by atoms with Crippen molar-refractivity contribution in [3.63, 3.8) is 0 Å². The Morgan fingerprint density at radius 1 is 1.17 bits per heavy atom. The highest BCUT2D eigenvalue weighted by Crippen LogP contribution is 2.33. The number of fused-ring (bicyclic) bond motifs is 1. The van der Waals surface area contributed by atoms with E-state index in [4.69, 9.17) is 10.2 Å². The van der Waals surface area contributed by atoms with E-state index in [2.05, 4.69) is 15.2 Å². The van der Waals surface area contributed by atoms with Gasteiger partial charge in [-0.15, -0.1) is 0 Å². The van der Waals surface area contributed by atoms with Crippen LogP contribution in [0.3, 0.4) is 0 Å². The van der Waals surface area contributed by atoms with E-state index in [9.17, 15) is 9.59 Å². The Kier molecular flexibility index (Phi) is 6.13. The van der Waals surface area contributed by atoms with Crippen molar-refractivity contribution >= 4 is 22.9 Å². The van der Waals surface area contributed by atoms with Gasteiger partial charge in [0.25, 0.3) is 5.91 Å². The minimum Gasteiger partial charge on any atom is -0.440 e. The van der Waals surface area contributed by atoms with Gasteiger partial charge in [0.15, 0.2) is 11.5 Å². The normalized spacial score (nSPS) is 21.3. The fourth-order valence-electron chi connectivity index (χ4n) is 4.53. The van der Waals surface area contributed by atoms with Gasteiger partial charge in [0, 0.05) is 31.1 Å². The van der Waals surface area contributed by atoms with Crippen molar-refractivity contribution in [2.45, 2.75) is 50.9 Å². The van der Waals surface area contributed by atoms with Gasteiger partial charge in [-0.1, -0.05) is 19.3 Å². The number of aromatic nitrogens is 1.